The van der Waals surface area contributed by atoms with E-state index < -0.39 is 41.2 Å². The molecule has 0 aromatic heterocycles. The number of ketones is 2. The van der Waals surface area contributed by atoms with Crippen LogP contribution in [0.1, 0.15) is 34.8 Å². The summed E-state index contributed by atoms with van der Waals surface area (Å²) < 4.78 is 14.5. The minimum absolute atomic E-state index is 0.00810. The molecular weight excluding hydrogens is 401 g/mol. The Balaban J connectivity index is 2.02. The van der Waals surface area contributed by atoms with Crippen molar-refractivity contribution in [3.05, 3.63) is 70.5 Å². The number of aliphatic carboxylic acids is 1. The third kappa shape index (κ3) is 4.19. The molecule has 150 valence electrons. The van der Waals surface area contributed by atoms with Gasteiger partial charge in [0, 0.05) is 28.7 Å². The number of nitrogens with zero attached hydrogens (tertiary/aromatic N) is 1. The Hall–Kier alpha value is -3.06. The highest BCUT2D eigenvalue weighted by Gasteiger charge is 2.52. The van der Waals surface area contributed by atoms with Gasteiger partial charge in [-0.05, 0) is 43.2 Å². The molecule has 0 aliphatic carbocycles. The zero-order valence-electron chi connectivity index (χ0n) is 15.1. The van der Waals surface area contributed by atoms with Gasteiger partial charge in [0.1, 0.15) is 11.7 Å². The van der Waals surface area contributed by atoms with Gasteiger partial charge in [-0.1, -0.05) is 29.8 Å². The summed E-state index contributed by atoms with van der Waals surface area (Å²) in [5, 5.41) is 11.1. The number of carbonyl (C=O) groups is 4. The fourth-order valence-electron chi connectivity index (χ4n) is 3.48. The van der Waals surface area contributed by atoms with Crippen molar-refractivity contribution in [2.45, 2.75) is 18.9 Å². The average Bonchev–Trinajstić information content (AvgIpc) is 2.93. The van der Waals surface area contributed by atoms with Crippen LogP contribution in [0.3, 0.4) is 0 Å². The van der Waals surface area contributed by atoms with Crippen molar-refractivity contribution in [3.8, 4) is 0 Å². The average molecular weight is 417 g/mol. The standard InChI is InChI=1S/C21H17ClFNO5/c22-13-9-7-12(8-10-13)19(27)17-18(14-4-1-2-5-15(14)23)24(21(29)20(17)28)11-3-6-16(25)26/h1-2,4-5,7-10,17-18H,3,6,11H2,(H,25,26)/p-1. The van der Waals surface area contributed by atoms with Crippen LogP contribution >= 0.6 is 11.6 Å². The summed E-state index contributed by atoms with van der Waals surface area (Å²) in [5.74, 6) is -5.94. The van der Waals surface area contributed by atoms with Crippen LogP contribution in [-0.4, -0.2) is 34.9 Å². The first-order valence-electron chi connectivity index (χ1n) is 8.90. The van der Waals surface area contributed by atoms with E-state index in [-0.39, 0.29) is 30.5 Å². The molecule has 6 nitrogen and oxygen atoms in total. The zero-order valence-corrected chi connectivity index (χ0v) is 15.9. The van der Waals surface area contributed by atoms with Gasteiger partial charge in [0.05, 0.1) is 6.04 Å². The number of hydrogen-bond donors (Lipinski definition) is 0. The van der Waals surface area contributed by atoms with Crippen LogP contribution < -0.4 is 5.11 Å². The van der Waals surface area contributed by atoms with E-state index in [4.69, 9.17) is 11.6 Å². The van der Waals surface area contributed by atoms with Gasteiger partial charge in [-0.15, -0.1) is 0 Å². The zero-order chi connectivity index (χ0) is 21.1. The number of Topliss-reactive ketones (excluding diaryl/α,β-unsaturated/α-hetero) is 2. The van der Waals surface area contributed by atoms with Crippen molar-refractivity contribution in [1.29, 1.82) is 0 Å². The van der Waals surface area contributed by atoms with Crippen LogP contribution in [-0.2, 0) is 14.4 Å². The van der Waals surface area contributed by atoms with Gasteiger partial charge in [-0.3, -0.25) is 14.4 Å². The van der Waals surface area contributed by atoms with Gasteiger partial charge < -0.3 is 14.8 Å². The van der Waals surface area contributed by atoms with Crippen LogP contribution in [0.25, 0.3) is 0 Å². The van der Waals surface area contributed by atoms with Crippen LogP contribution in [0.5, 0.6) is 0 Å². The highest BCUT2D eigenvalue weighted by Crippen LogP contribution is 2.39. The van der Waals surface area contributed by atoms with E-state index in [1.54, 1.807) is 0 Å². The van der Waals surface area contributed by atoms with Crippen molar-refractivity contribution in [1.82, 2.24) is 4.90 Å². The Morgan fingerprint density at radius 2 is 1.72 bits per heavy atom. The number of carboxylic acids is 1. The molecule has 0 saturated carbocycles. The van der Waals surface area contributed by atoms with Crippen molar-refractivity contribution in [2.75, 3.05) is 6.54 Å². The summed E-state index contributed by atoms with van der Waals surface area (Å²) in [6.45, 7) is -0.123. The summed E-state index contributed by atoms with van der Waals surface area (Å²) in [6.07, 6.45) is -0.327. The molecule has 0 spiro atoms. The van der Waals surface area contributed by atoms with Crippen LogP contribution in [0, 0.1) is 11.7 Å². The molecule has 8 heteroatoms. The van der Waals surface area contributed by atoms with E-state index in [2.05, 4.69) is 0 Å². The smallest absolute Gasteiger partial charge is 0.291 e. The summed E-state index contributed by atoms with van der Waals surface area (Å²) in [5.41, 5.74) is 0.186. The normalized spacial score (nSPS) is 18.9. The lowest BCUT2D eigenvalue weighted by Gasteiger charge is -2.27. The van der Waals surface area contributed by atoms with Gasteiger partial charge in [0.15, 0.2) is 5.78 Å². The summed E-state index contributed by atoms with van der Waals surface area (Å²) in [4.78, 5) is 50.1. The predicted octanol–water partition coefficient (Wildman–Crippen LogP) is 1.96. The van der Waals surface area contributed by atoms with Crippen LogP contribution in [0.15, 0.2) is 48.5 Å². The molecule has 1 saturated heterocycles. The SMILES string of the molecule is O=C([O-])CCCN1C(=O)C(=O)C(C(=O)c2ccc(Cl)cc2)C1c1ccccc1F. The van der Waals surface area contributed by atoms with E-state index in [0.29, 0.717) is 5.02 Å². The molecule has 29 heavy (non-hydrogen) atoms. The van der Waals surface area contributed by atoms with Gasteiger partial charge in [0.2, 0.25) is 5.78 Å². The molecule has 2 unspecified atom stereocenters. The maximum atomic E-state index is 14.5. The van der Waals surface area contributed by atoms with Gasteiger partial charge in [0.25, 0.3) is 5.91 Å². The molecule has 1 amide bonds. The fourth-order valence-corrected chi connectivity index (χ4v) is 3.60. The second-order valence-corrected chi connectivity index (χ2v) is 7.09. The second kappa shape index (κ2) is 8.53. The van der Waals surface area contributed by atoms with Crippen molar-refractivity contribution < 1.29 is 28.7 Å². The Bertz CT molecular complexity index is 975. The minimum atomic E-state index is -1.44. The molecule has 2 atom stereocenters. The van der Waals surface area contributed by atoms with E-state index in [1.165, 1.54) is 48.5 Å². The molecule has 1 fully saturated rings. The van der Waals surface area contributed by atoms with Gasteiger partial charge >= 0.3 is 0 Å². The number of carboxylic acid groups (broad SMARTS) is 1. The number of amides is 1. The Labute approximate surface area is 170 Å². The molecular formula is C21H16ClFNO5-. The van der Waals surface area contributed by atoms with Crippen molar-refractivity contribution >= 4 is 35.0 Å². The van der Waals surface area contributed by atoms with Gasteiger partial charge in [-0.2, -0.15) is 0 Å². The highest BCUT2D eigenvalue weighted by atomic mass is 35.5. The fraction of sp³-hybridized carbons (Fsp3) is 0.238. The molecule has 0 radical (unpaired) electrons. The number of rotatable bonds is 7. The summed E-state index contributed by atoms with van der Waals surface area (Å²) >= 11 is 5.84. The largest absolute Gasteiger partial charge is 0.550 e. The van der Waals surface area contributed by atoms with E-state index in [9.17, 15) is 28.7 Å². The maximum absolute atomic E-state index is 14.5. The molecule has 2 aromatic rings. The molecule has 0 bridgehead atoms. The maximum Gasteiger partial charge on any atom is 0.291 e. The Morgan fingerprint density at radius 3 is 2.34 bits per heavy atom. The second-order valence-electron chi connectivity index (χ2n) is 6.65. The molecule has 1 heterocycles. The lowest BCUT2D eigenvalue weighted by molar-refractivity contribution is -0.305. The molecule has 1 aliphatic heterocycles. The first-order valence-corrected chi connectivity index (χ1v) is 9.28. The molecule has 1 aliphatic rings. The Kier molecular flexibility index (Phi) is 6.08. The van der Waals surface area contributed by atoms with Gasteiger partial charge in [-0.25, -0.2) is 4.39 Å². The minimum Gasteiger partial charge on any atom is -0.550 e. The predicted molar refractivity (Wildman–Crippen MR) is 99.4 cm³/mol. The third-order valence-electron chi connectivity index (χ3n) is 4.82. The van der Waals surface area contributed by atoms with Crippen LogP contribution in [0.2, 0.25) is 5.02 Å². The van der Waals surface area contributed by atoms with Crippen molar-refractivity contribution in [3.63, 3.8) is 0 Å². The number of halogens is 2. The van der Waals surface area contributed by atoms with E-state index in [1.807, 2.05) is 0 Å². The number of hydrogen-bond acceptors (Lipinski definition) is 5. The van der Waals surface area contributed by atoms with Crippen LogP contribution in [0.4, 0.5) is 4.39 Å². The lowest BCUT2D eigenvalue weighted by Crippen LogP contribution is -2.33. The summed E-state index contributed by atoms with van der Waals surface area (Å²) in [7, 11) is 0. The summed E-state index contributed by atoms with van der Waals surface area (Å²) in [6, 6.07) is 10.2. The lowest BCUT2D eigenvalue weighted by atomic mass is 9.86. The monoisotopic (exact) mass is 416 g/mol. The van der Waals surface area contributed by atoms with E-state index >= 15 is 0 Å². The molecule has 0 N–H and O–H groups in total. The Morgan fingerprint density at radius 1 is 1.07 bits per heavy atom. The number of likely N-dealkylation sites (tertiary alicyclic amines) is 1. The number of benzene rings is 2. The third-order valence-corrected chi connectivity index (χ3v) is 5.07. The quantitative estimate of drug-likeness (QED) is 0.390. The first kappa shape index (κ1) is 20.7. The van der Waals surface area contributed by atoms with Crippen molar-refractivity contribution in [2.24, 2.45) is 5.92 Å². The topological polar surface area (TPSA) is 94.6 Å². The van der Waals surface area contributed by atoms with E-state index in [0.717, 1.165) is 4.90 Å². The molecule has 3 rings (SSSR count). The number of carbonyl (C=O) groups excluding carboxylic acids is 4. The highest BCUT2D eigenvalue weighted by molar-refractivity contribution is 6.44. The molecule has 2 aromatic carbocycles. The first-order chi connectivity index (χ1) is 13.8.